The molecule has 1 aliphatic carbocycles. The third-order valence-electron chi connectivity index (χ3n) is 5.57. The molecule has 1 unspecified atom stereocenters. The van der Waals surface area contributed by atoms with Crippen LogP contribution >= 0.6 is 11.6 Å². The molecule has 2 aliphatic rings. The lowest BCUT2D eigenvalue weighted by molar-refractivity contribution is 0.0159. The number of piperidine rings is 1. The fourth-order valence-corrected chi connectivity index (χ4v) is 4.44. The van der Waals surface area contributed by atoms with Gasteiger partial charge in [0.15, 0.2) is 0 Å². The molecule has 1 saturated heterocycles. The van der Waals surface area contributed by atoms with E-state index in [0.717, 1.165) is 29.8 Å². The third-order valence-corrected chi connectivity index (χ3v) is 5.98. The van der Waals surface area contributed by atoms with Crippen LogP contribution in [0.3, 0.4) is 0 Å². The molecule has 1 fully saturated rings. The van der Waals surface area contributed by atoms with Gasteiger partial charge in [-0.3, -0.25) is 0 Å². The maximum Gasteiger partial charge on any atom is 0.410 e. The molecule has 4 nitrogen and oxygen atoms in total. The summed E-state index contributed by atoms with van der Waals surface area (Å²) >= 11 is 6.39. The number of fused-ring (bicyclic) bond motifs is 2. The topological polar surface area (TPSA) is 49.8 Å². The number of likely N-dealkylation sites (tertiary alicyclic amines) is 1. The summed E-state index contributed by atoms with van der Waals surface area (Å²) in [5.41, 5.74) is 3.10. The van der Waals surface area contributed by atoms with Crippen LogP contribution in [-0.2, 0) is 10.2 Å². The number of aliphatic hydroxyl groups is 1. The number of aliphatic hydroxyl groups excluding tert-OH is 1. The van der Waals surface area contributed by atoms with Gasteiger partial charge >= 0.3 is 6.09 Å². The minimum atomic E-state index is -0.473. The second-order valence-corrected chi connectivity index (χ2v) is 8.93. The molecular weight excluding hydrogens is 338 g/mol. The average molecular weight is 366 g/mol. The van der Waals surface area contributed by atoms with Crippen LogP contribution in [0, 0.1) is 6.92 Å². The number of rotatable bonds is 1. The van der Waals surface area contributed by atoms with Gasteiger partial charge in [-0.05, 0) is 75.1 Å². The number of halogens is 1. The van der Waals surface area contributed by atoms with E-state index in [1.54, 1.807) is 4.90 Å². The van der Waals surface area contributed by atoms with Crippen LogP contribution in [0.2, 0.25) is 5.02 Å². The Hall–Kier alpha value is -1.26. The van der Waals surface area contributed by atoms with Gasteiger partial charge in [-0.1, -0.05) is 17.7 Å². The highest BCUT2D eigenvalue weighted by atomic mass is 35.5. The van der Waals surface area contributed by atoms with Gasteiger partial charge in [0.1, 0.15) is 5.60 Å². The number of benzene rings is 1. The highest BCUT2D eigenvalue weighted by Crippen LogP contribution is 2.52. The van der Waals surface area contributed by atoms with Crippen molar-refractivity contribution in [3.63, 3.8) is 0 Å². The normalized spacial score (nSPS) is 22.2. The van der Waals surface area contributed by atoms with Gasteiger partial charge in [0.05, 0.1) is 0 Å². The van der Waals surface area contributed by atoms with Crippen LogP contribution in [0.5, 0.6) is 0 Å². The molecule has 1 atom stereocenters. The van der Waals surface area contributed by atoms with Crippen LogP contribution in [-0.4, -0.2) is 41.4 Å². The SMILES string of the molecule is Cc1cc2c(cc1Cl)C1(CCN(C(=O)OC(C)(C)C)CC1)CC2CO. The zero-order valence-corrected chi connectivity index (χ0v) is 16.3. The van der Waals surface area contributed by atoms with Crippen LogP contribution in [0.4, 0.5) is 4.79 Å². The van der Waals surface area contributed by atoms with Crippen molar-refractivity contribution in [2.24, 2.45) is 0 Å². The van der Waals surface area contributed by atoms with E-state index < -0.39 is 5.60 Å². The molecule has 1 aromatic rings. The molecule has 3 rings (SSSR count). The second-order valence-electron chi connectivity index (χ2n) is 8.52. The number of hydrogen-bond acceptors (Lipinski definition) is 3. The Morgan fingerprint density at radius 1 is 1.36 bits per heavy atom. The van der Waals surface area contributed by atoms with Crippen molar-refractivity contribution in [2.75, 3.05) is 19.7 Å². The first-order valence-electron chi connectivity index (χ1n) is 9.04. The number of amides is 1. The number of nitrogens with zero attached hydrogens (tertiary/aromatic N) is 1. The molecule has 0 aromatic heterocycles. The van der Waals surface area contributed by atoms with Crippen molar-refractivity contribution in [1.29, 1.82) is 0 Å². The summed E-state index contributed by atoms with van der Waals surface area (Å²) in [6.45, 7) is 9.19. The summed E-state index contributed by atoms with van der Waals surface area (Å²) < 4.78 is 5.50. The van der Waals surface area contributed by atoms with Crippen molar-refractivity contribution in [2.45, 2.75) is 63.9 Å². The summed E-state index contributed by atoms with van der Waals surface area (Å²) in [5.74, 6) is 0.166. The number of ether oxygens (including phenoxy) is 1. The Bertz CT molecular complexity index is 672. The van der Waals surface area contributed by atoms with Crippen molar-refractivity contribution >= 4 is 17.7 Å². The number of hydrogen-bond donors (Lipinski definition) is 1. The molecule has 1 spiro atoms. The zero-order valence-electron chi connectivity index (χ0n) is 15.6. The summed E-state index contributed by atoms with van der Waals surface area (Å²) in [4.78, 5) is 14.1. The number of carbonyl (C=O) groups is 1. The predicted molar refractivity (Wildman–Crippen MR) is 99.4 cm³/mol. The highest BCUT2D eigenvalue weighted by molar-refractivity contribution is 6.31. The van der Waals surface area contributed by atoms with Gasteiger partial charge in [-0.25, -0.2) is 4.79 Å². The predicted octanol–water partition coefficient (Wildman–Crippen LogP) is 4.40. The molecule has 0 radical (unpaired) electrons. The Labute approximate surface area is 155 Å². The molecule has 1 aliphatic heterocycles. The third kappa shape index (κ3) is 3.52. The monoisotopic (exact) mass is 365 g/mol. The van der Waals surface area contributed by atoms with Gasteiger partial charge < -0.3 is 14.7 Å². The molecule has 25 heavy (non-hydrogen) atoms. The van der Waals surface area contributed by atoms with Crippen LogP contribution in [0.25, 0.3) is 0 Å². The van der Waals surface area contributed by atoms with Crippen LogP contribution in [0.15, 0.2) is 12.1 Å². The van der Waals surface area contributed by atoms with E-state index in [-0.39, 0.29) is 24.0 Å². The maximum atomic E-state index is 12.3. The van der Waals surface area contributed by atoms with Crippen molar-refractivity contribution in [3.8, 4) is 0 Å². The standard InChI is InChI=1S/C20H28ClNO3/c1-13-9-15-14(12-23)11-20(16(15)10-17(13)21)5-7-22(8-6-20)18(24)25-19(2,3)4/h9-10,14,23H,5-8,11-12H2,1-4H3. The first-order valence-corrected chi connectivity index (χ1v) is 9.42. The van der Waals surface area contributed by atoms with E-state index in [9.17, 15) is 9.90 Å². The van der Waals surface area contributed by atoms with Crippen LogP contribution < -0.4 is 0 Å². The lowest BCUT2D eigenvalue weighted by atomic mass is 9.73. The second kappa shape index (κ2) is 6.48. The largest absolute Gasteiger partial charge is 0.444 e. The summed E-state index contributed by atoms with van der Waals surface area (Å²) in [6, 6.07) is 4.22. The van der Waals surface area contributed by atoms with E-state index in [4.69, 9.17) is 16.3 Å². The molecular formula is C20H28ClNO3. The van der Waals surface area contributed by atoms with Gasteiger partial charge in [0.25, 0.3) is 0 Å². The van der Waals surface area contributed by atoms with Gasteiger partial charge in [0.2, 0.25) is 0 Å². The highest BCUT2D eigenvalue weighted by Gasteiger charge is 2.46. The smallest absolute Gasteiger partial charge is 0.410 e. The molecule has 0 bridgehead atoms. The average Bonchev–Trinajstić information content (AvgIpc) is 2.80. The Morgan fingerprint density at radius 2 is 2.00 bits per heavy atom. The molecule has 1 heterocycles. The number of aryl methyl sites for hydroxylation is 1. The molecule has 1 aromatic carbocycles. The van der Waals surface area contributed by atoms with E-state index >= 15 is 0 Å². The van der Waals surface area contributed by atoms with E-state index in [2.05, 4.69) is 12.1 Å². The van der Waals surface area contributed by atoms with Gasteiger partial charge in [0, 0.05) is 30.6 Å². The summed E-state index contributed by atoms with van der Waals surface area (Å²) in [5, 5.41) is 10.6. The minimum absolute atomic E-state index is 0.0125. The molecule has 1 N–H and O–H groups in total. The molecule has 1 amide bonds. The van der Waals surface area contributed by atoms with E-state index in [1.807, 2.05) is 27.7 Å². The fourth-order valence-electron chi connectivity index (χ4n) is 4.27. The maximum absolute atomic E-state index is 12.3. The molecule has 5 heteroatoms. The lowest BCUT2D eigenvalue weighted by Gasteiger charge is -2.40. The molecule has 0 saturated carbocycles. The Kier molecular flexibility index (Phi) is 4.80. The first-order chi connectivity index (χ1) is 11.6. The Balaban J connectivity index is 1.80. The summed E-state index contributed by atoms with van der Waals surface area (Å²) in [7, 11) is 0. The summed E-state index contributed by atoms with van der Waals surface area (Å²) in [6.07, 6.45) is 2.46. The lowest BCUT2D eigenvalue weighted by Crippen LogP contribution is -2.46. The quantitative estimate of drug-likeness (QED) is 0.802. The van der Waals surface area contributed by atoms with Crippen LogP contribution in [0.1, 0.15) is 62.6 Å². The van der Waals surface area contributed by atoms with Gasteiger partial charge in [-0.2, -0.15) is 0 Å². The first kappa shape index (κ1) is 18.5. The Morgan fingerprint density at radius 3 is 2.56 bits per heavy atom. The zero-order chi connectivity index (χ0) is 18.4. The molecule has 138 valence electrons. The number of carbonyl (C=O) groups excluding carboxylic acids is 1. The van der Waals surface area contributed by atoms with E-state index in [1.165, 1.54) is 11.1 Å². The van der Waals surface area contributed by atoms with Crippen molar-refractivity contribution < 1.29 is 14.6 Å². The van der Waals surface area contributed by atoms with Crippen molar-refractivity contribution in [3.05, 3.63) is 33.8 Å². The van der Waals surface area contributed by atoms with E-state index in [0.29, 0.717) is 13.1 Å². The van der Waals surface area contributed by atoms with Gasteiger partial charge in [-0.15, -0.1) is 0 Å². The minimum Gasteiger partial charge on any atom is -0.444 e. The van der Waals surface area contributed by atoms with Crippen molar-refractivity contribution in [1.82, 2.24) is 4.90 Å². The fraction of sp³-hybridized carbons (Fsp3) is 0.650.